The van der Waals surface area contributed by atoms with Crippen molar-refractivity contribution in [2.75, 3.05) is 0 Å². The zero-order valence-electron chi connectivity index (χ0n) is 11.5. The third kappa shape index (κ3) is 4.55. The molecule has 2 atom stereocenters. The maximum absolute atomic E-state index is 9.76. The molecule has 0 aliphatic heterocycles. The van der Waals surface area contributed by atoms with Crippen LogP contribution in [0.1, 0.15) is 64.5 Å². The number of nitrogens with zero attached hydrogens (tertiary/aromatic N) is 1. The minimum absolute atomic E-state index is 0.299. The summed E-state index contributed by atoms with van der Waals surface area (Å²) in [7, 11) is 0. The van der Waals surface area contributed by atoms with Crippen molar-refractivity contribution >= 4 is 0 Å². The molecule has 0 aromatic carbocycles. The normalized spacial score (nSPS) is 14.8. The quantitative estimate of drug-likeness (QED) is 0.722. The summed E-state index contributed by atoms with van der Waals surface area (Å²) in [6.07, 6.45) is 9.85. The lowest BCUT2D eigenvalue weighted by Crippen LogP contribution is -2.08. The van der Waals surface area contributed by atoms with Crippen LogP contribution >= 0.6 is 0 Å². The summed E-state index contributed by atoms with van der Waals surface area (Å²) in [6.45, 7) is 7.62. The van der Waals surface area contributed by atoms with Crippen LogP contribution in [-0.4, -0.2) is 9.67 Å². The molecule has 2 heteroatoms. The highest BCUT2D eigenvalue weighted by molar-refractivity contribution is 5.13. The Kier molecular flexibility index (Phi) is 6.35. The van der Waals surface area contributed by atoms with Gasteiger partial charge in [0.15, 0.2) is 0 Å². The van der Waals surface area contributed by atoms with Crippen LogP contribution in [0, 0.1) is 5.92 Å². The molecular weight excluding hydrogens is 210 g/mol. The van der Waals surface area contributed by atoms with Gasteiger partial charge in [0, 0.05) is 18.9 Å². The van der Waals surface area contributed by atoms with E-state index < -0.39 is 0 Å². The van der Waals surface area contributed by atoms with Crippen molar-refractivity contribution in [2.24, 2.45) is 5.92 Å². The van der Waals surface area contributed by atoms with Gasteiger partial charge >= 0.3 is 0 Å². The second-order valence-corrected chi connectivity index (χ2v) is 4.98. The van der Waals surface area contributed by atoms with Crippen LogP contribution in [0.15, 0.2) is 18.5 Å². The van der Waals surface area contributed by atoms with E-state index in [9.17, 15) is 5.11 Å². The van der Waals surface area contributed by atoms with Crippen LogP contribution in [0.3, 0.4) is 0 Å². The van der Waals surface area contributed by atoms with Crippen LogP contribution < -0.4 is 0 Å². The third-order valence-electron chi connectivity index (χ3n) is 3.56. The van der Waals surface area contributed by atoms with Crippen LogP contribution in [-0.2, 0) is 6.54 Å². The average molecular weight is 237 g/mol. The average Bonchev–Trinajstić information content (AvgIpc) is 2.81. The van der Waals surface area contributed by atoms with Gasteiger partial charge in [0.25, 0.3) is 0 Å². The molecule has 0 aliphatic rings. The molecule has 1 rings (SSSR count). The monoisotopic (exact) mass is 237 g/mol. The van der Waals surface area contributed by atoms with Gasteiger partial charge in [0.05, 0.1) is 6.10 Å². The van der Waals surface area contributed by atoms with Gasteiger partial charge in [-0.15, -0.1) is 0 Å². The number of hydrogen-bond donors (Lipinski definition) is 1. The highest BCUT2D eigenvalue weighted by atomic mass is 16.3. The Balaban J connectivity index is 2.52. The van der Waals surface area contributed by atoms with Crippen molar-refractivity contribution in [2.45, 2.75) is 65.5 Å². The highest BCUT2D eigenvalue weighted by Gasteiger charge is 2.09. The minimum Gasteiger partial charge on any atom is -0.388 e. The fourth-order valence-electron chi connectivity index (χ4n) is 2.22. The number of aliphatic hydroxyl groups excluding tert-OH is 1. The van der Waals surface area contributed by atoms with E-state index in [0.29, 0.717) is 0 Å². The van der Waals surface area contributed by atoms with Gasteiger partial charge in [-0.3, -0.25) is 0 Å². The van der Waals surface area contributed by atoms with E-state index in [2.05, 4.69) is 30.8 Å². The Labute approximate surface area is 106 Å². The number of hydrogen-bond acceptors (Lipinski definition) is 1. The van der Waals surface area contributed by atoms with E-state index in [1.807, 2.05) is 13.0 Å². The summed E-state index contributed by atoms with van der Waals surface area (Å²) in [5.74, 6) is 0.772. The third-order valence-corrected chi connectivity index (χ3v) is 3.56. The van der Waals surface area contributed by atoms with Crippen LogP contribution in [0.25, 0.3) is 0 Å². The topological polar surface area (TPSA) is 25.2 Å². The van der Waals surface area contributed by atoms with E-state index in [1.165, 1.54) is 25.7 Å². The zero-order valence-corrected chi connectivity index (χ0v) is 11.5. The van der Waals surface area contributed by atoms with Crippen molar-refractivity contribution in [3.63, 3.8) is 0 Å². The fourth-order valence-corrected chi connectivity index (χ4v) is 2.22. The Bertz CT molecular complexity index is 306. The lowest BCUT2D eigenvalue weighted by molar-refractivity contribution is 0.173. The van der Waals surface area contributed by atoms with Crippen molar-refractivity contribution < 1.29 is 5.11 Å². The second-order valence-electron chi connectivity index (χ2n) is 4.98. The van der Waals surface area contributed by atoms with Gasteiger partial charge in [0.1, 0.15) is 0 Å². The summed E-state index contributed by atoms with van der Waals surface area (Å²) in [4.78, 5) is 0. The Morgan fingerprint density at radius 1 is 1.24 bits per heavy atom. The molecule has 2 unspecified atom stereocenters. The lowest BCUT2D eigenvalue weighted by atomic mass is 9.99. The Morgan fingerprint density at radius 3 is 2.59 bits per heavy atom. The first-order valence-corrected chi connectivity index (χ1v) is 7.04. The van der Waals surface area contributed by atoms with Gasteiger partial charge in [0.2, 0.25) is 0 Å². The predicted octanol–water partition coefficient (Wildman–Crippen LogP) is 4.15. The van der Waals surface area contributed by atoms with Gasteiger partial charge in [-0.2, -0.15) is 0 Å². The van der Waals surface area contributed by atoms with Crippen molar-refractivity contribution in [3.05, 3.63) is 24.0 Å². The van der Waals surface area contributed by atoms with Gasteiger partial charge in [-0.05, 0) is 30.4 Å². The molecule has 1 aromatic rings. The Morgan fingerprint density at radius 2 is 2.00 bits per heavy atom. The number of rotatable bonds is 8. The molecule has 1 aromatic heterocycles. The van der Waals surface area contributed by atoms with Crippen molar-refractivity contribution in [3.8, 4) is 0 Å². The molecule has 0 amide bonds. The fraction of sp³-hybridized carbons (Fsp3) is 0.733. The largest absolute Gasteiger partial charge is 0.388 e. The first kappa shape index (κ1) is 14.3. The number of unbranched alkanes of at least 4 members (excludes halogenated alkanes) is 1. The molecule has 98 valence electrons. The predicted molar refractivity (Wildman–Crippen MR) is 73.0 cm³/mol. The molecule has 1 heterocycles. The summed E-state index contributed by atoms with van der Waals surface area (Å²) >= 11 is 0. The van der Waals surface area contributed by atoms with E-state index in [1.54, 1.807) is 0 Å². The SMILES string of the molecule is CCCCC(CC)Cn1ccc(C(O)CC)c1. The summed E-state index contributed by atoms with van der Waals surface area (Å²) in [5.41, 5.74) is 1.05. The molecule has 0 saturated carbocycles. The lowest BCUT2D eigenvalue weighted by Gasteiger charge is -2.15. The van der Waals surface area contributed by atoms with E-state index in [-0.39, 0.29) is 6.10 Å². The van der Waals surface area contributed by atoms with Crippen LogP contribution in [0.4, 0.5) is 0 Å². The van der Waals surface area contributed by atoms with Gasteiger partial charge in [-0.25, -0.2) is 0 Å². The Hall–Kier alpha value is -0.760. The zero-order chi connectivity index (χ0) is 12.7. The second kappa shape index (κ2) is 7.54. The molecule has 0 aliphatic carbocycles. The van der Waals surface area contributed by atoms with Crippen molar-refractivity contribution in [1.29, 1.82) is 0 Å². The first-order chi connectivity index (χ1) is 8.21. The van der Waals surface area contributed by atoms with Crippen LogP contribution in [0.5, 0.6) is 0 Å². The molecule has 0 spiro atoms. The summed E-state index contributed by atoms with van der Waals surface area (Å²) in [5, 5.41) is 9.76. The first-order valence-electron chi connectivity index (χ1n) is 7.04. The molecule has 0 radical (unpaired) electrons. The smallest absolute Gasteiger partial charge is 0.0802 e. The highest BCUT2D eigenvalue weighted by Crippen LogP contribution is 2.19. The molecule has 0 saturated heterocycles. The molecular formula is C15H27NO. The maximum atomic E-state index is 9.76. The summed E-state index contributed by atoms with van der Waals surface area (Å²) < 4.78 is 2.23. The van der Waals surface area contributed by atoms with E-state index in [4.69, 9.17) is 0 Å². The molecule has 0 bridgehead atoms. The molecule has 1 N–H and O–H groups in total. The van der Waals surface area contributed by atoms with Gasteiger partial charge in [-0.1, -0.05) is 40.0 Å². The standard InChI is InChI=1S/C15H27NO/c1-4-7-8-13(5-2)11-16-10-9-14(12-16)15(17)6-3/h9-10,12-13,15,17H,4-8,11H2,1-3H3. The van der Waals surface area contributed by atoms with Crippen molar-refractivity contribution in [1.82, 2.24) is 4.57 Å². The summed E-state index contributed by atoms with van der Waals surface area (Å²) in [6, 6.07) is 2.04. The van der Waals surface area contributed by atoms with Gasteiger partial charge < -0.3 is 9.67 Å². The molecule has 0 fully saturated rings. The number of aromatic nitrogens is 1. The maximum Gasteiger partial charge on any atom is 0.0802 e. The molecule has 2 nitrogen and oxygen atoms in total. The molecule has 17 heavy (non-hydrogen) atoms. The minimum atomic E-state index is -0.299. The number of aliphatic hydroxyl groups is 1. The van der Waals surface area contributed by atoms with E-state index >= 15 is 0 Å². The van der Waals surface area contributed by atoms with E-state index in [0.717, 1.165) is 24.4 Å². The van der Waals surface area contributed by atoms with Crippen LogP contribution in [0.2, 0.25) is 0 Å².